The molecular formula is C17H22N4O3. The number of imidazole rings is 1. The van der Waals surface area contributed by atoms with Crippen molar-refractivity contribution < 1.29 is 14.3 Å². The molecule has 128 valence electrons. The maximum absolute atomic E-state index is 12.3. The molecule has 0 aromatic carbocycles. The smallest absolute Gasteiger partial charge is 0.258 e. The van der Waals surface area contributed by atoms with Gasteiger partial charge in [-0.2, -0.15) is 0 Å². The van der Waals surface area contributed by atoms with Crippen LogP contribution in [0.2, 0.25) is 0 Å². The van der Waals surface area contributed by atoms with Gasteiger partial charge in [0.25, 0.3) is 5.91 Å². The number of pyridine rings is 1. The number of fused-ring (bicyclic) bond motifs is 1. The second-order valence-electron chi connectivity index (χ2n) is 5.99. The summed E-state index contributed by atoms with van der Waals surface area (Å²) in [5, 5.41) is 2.71. The monoisotopic (exact) mass is 330 g/mol. The molecule has 1 saturated heterocycles. The van der Waals surface area contributed by atoms with E-state index in [1.807, 2.05) is 27.8 Å². The van der Waals surface area contributed by atoms with Crippen LogP contribution in [0.3, 0.4) is 0 Å². The lowest BCUT2D eigenvalue weighted by molar-refractivity contribution is -0.137. The van der Waals surface area contributed by atoms with Crippen LogP contribution in [0.5, 0.6) is 5.75 Å². The van der Waals surface area contributed by atoms with Gasteiger partial charge in [0.05, 0.1) is 0 Å². The first-order valence-electron chi connectivity index (χ1n) is 8.28. The van der Waals surface area contributed by atoms with Crippen molar-refractivity contribution in [2.75, 3.05) is 19.7 Å². The summed E-state index contributed by atoms with van der Waals surface area (Å²) in [5.74, 6) is 0.187. The molecule has 24 heavy (non-hydrogen) atoms. The Morgan fingerprint density at radius 2 is 2.08 bits per heavy atom. The van der Waals surface area contributed by atoms with Gasteiger partial charge < -0.3 is 19.4 Å². The van der Waals surface area contributed by atoms with E-state index in [4.69, 9.17) is 4.74 Å². The van der Waals surface area contributed by atoms with E-state index in [9.17, 15) is 9.59 Å². The van der Waals surface area contributed by atoms with Crippen LogP contribution in [0.1, 0.15) is 26.2 Å². The number of ether oxygens (including phenoxy) is 1. The van der Waals surface area contributed by atoms with Crippen LogP contribution in [0.25, 0.3) is 5.65 Å². The maximum Gasteiger partial charge on any atom is 0.258 e. The Bertz CT molecular complexity index is 721. The molecule has 7 heteroatoms. The van der Waals surface area contributed by atoms with Crippen molar-refractivity contribution in [3.8, 4) is 5.75 Å². The minimum Gasteiger partial charge on any atom is -0.480 e. The number of hydrogen-bond acceptors (Lipinski definition) is 4. The van der Waals surface area contributed by atoms with Crippen molar-refractivity contribution in [1.82, 2.24) is 19.6 Å². The van der Waals surface area contributed by atoms with Gasteiger partial charge in [0.15, 0.2) is 18.0 Å². The van der Waals surface area contributed by atoms with Crippen LogP contribution in [-0.4, -0.2) is 51.8 Å². The summed E-state index contributed by atoms with van der Waals surface area (Å²) in [6.07, 6.45) is 8.56. The first kappa shape index (κ1) is 16.3. The first-order chi connectivity index (χ1) is 11.6. The largest absolute Gasteiger partial charge is 0.480 e. The summed E-state index contributed by atoms with van der Waals surface area (Å²) < 4.78 is 7.36. The van der Waals surface area contributed by atoms with Crippen molar-refractivity contribution in [3.05, 3.63) is 30.7 Å². The molecule has 3 heterocycles. The maximum atomic E-state index is 12.3. The van der Waals surface area contributed by atoms with Crippen molar-refractivity contribution in [3.63, 3.8) is 0 Å². The highest BCUT2D eigenvalue weighted by Crippen LogP contribution is 2.17. The molecule has 2 aromatic rings. The van der Waals surface area contributed by atoms with Crippen LogP contribution in [0.4, 0.5) is 0 Å². The summed E-state index contributed by atoms with van der Waals surface area (Å²) in [7, 11) is 0. The van der Waals surface area contributed by atoms with Gasteiger partial charge in [-0.25, -0.2) is 4.98 Å². The third kappa shape index (κ3) is 3.67. The van der Waals surface area contributed by atoms with Gasteiger partial charge in [0.2, 0.25) is 5.91 Å². The van der Waals surface area contributed by atoms with E-state index in [2.05, 4.69) is 10.3 Å². The van der Waals surface area contributed by atoms with E-state index >= 15 is 0 Å². The van der Waals surface area contributed by atoms with Crippen molar-refractivity contribution in [1.29, 1.82) is 0 Å². The number of amides is 2. The lowest BCUT2D eigenvalue weighted by Crippen LogP contribution is -2.49. The van der Waals surface area contributed by atoms with Crippen LogP contribution in [0.15, 0.2) is 30.7 Å². The van der Waals surface area contributed by atoms with Gasteiger partial charge in [-0.05, 0) is 38.3 Å². The second-order valence-corrected chi connectivity index (χ2v) is 5.99. The summed E-state index contributed by atoms with van der Waals surface area (Å²) >= 11 is 0. The number of likely N-dealkylation sites (tertiary alicyclic amines) is 1. The lowest BCUT2D eigenvalue weighted by atomic mass is 10.1. The summed E-state index contributed by atoms with van der Waals surface area (Å²) in [5.41, 5.74) is 0.655. The van der Waals surface area contributed by atoms with Crippen LogP contribution in [-0.2, 0) is 9.59 Å². The quantitative estimate of drug-likeness (QED) is 0.895. The fourth-order valence-corrected chi connectivity index (χ4v) is 2.91. The molecule has 1 atom stereocenters. The van der Waals surface area contributed by atoms with Crippen LogP contribution >= 0.6 is 0 Å². The third-order valence-electron chi connectivity index (χ3n) is 4.16. The lowest BCUT2D eigenvalue weighted by Gasteiger charge is -2.29. The van der Waals surface area contributed by atoms with Crippen molar-refractivity contribution in [2.24, 2.45) is 0 Å². The number of rotatable bonds is 5. The van der Waals surface area contributed by atoms with Gasteiger partial charge in [-0.1, -0.05) is 0 Å². The highest BCUT2D eigenvalue weighted by atomic mass is 16.5. The number of piperidine rings is 1. The molecule has 1 aliphatic rings. The predicted octanol–water partition coefficient (Wildman–Crippen LogP) is 1.23. The Morgan fingerprint density at radius 3 is 2.88 bits per heavy atom. The van der Waals surface area contributed by atoms with Gasteiger partial charge in [-0.15, -0.1) is 0 Å². The molecule has 2 amide bonds. The van der Waals surface area contributed by atoms with Crippen molar-refractivity contribution >= 4 is 17.5 Å². The highest BCUT2D eigenvalue weighted by Gasteiger charge is 2.23. The van der Waals surface area contributed by atoms with Gasteiger partial charge in [0.1, 0.15) is 6.04 Å². The summed E-state index contributed by atoms with van der Waals surface area (Å²) in [6.45, 7) is 3.11. The molecule has 0 spiro atoms. The Hall–Kier alpha value is -2.57. The Balaban J connectivity index is 1.51. The molecule has 0 bridgehead atoms. The Morgan fingerprint density at radius 1 is 1.29 bits per heavy atom. The average Bonchev–Trinajstić information content (AvgIpc) is 3.09. The highest BCUT2D eigenvalue weighted by molar-refractivity contribution is 5.88. The van der Waals surface area contributed by atoms with E-state index in [1.165, 1.54) is 0 Å². The molecule has 0 saturated carbocycles. The molecule has 7 nitrogen and oxygen atoms in total. The SMILES string of the molecule is C[C@H](NC(=O)COc1cccn2ccnc12)C(=O)N1CCCCC1. The third-order valence-corrected chi connectivity index (χ3v) is 4.16. The standard InChI is InChI=1S/C17H22N4O3/c1-13(17(23)21-8-3-2-4-9-21)19-15(22)12-24-14-6-5-10-20-11-7-18-16(14)20/h5-7,10-11,13H,2-4,8-9,12H2,1H3,(H,19,22)/t13-/m0/s1. The number of aromatic nitrogens is 2. The number of nitrogens with zero attached hydrogens (tertiary/aromatic N) is 3. The molecular weight excluding hydrogens is 308 g/mol. The molecule has 1 aliphatic heterocycles. The summed E-state index contributed by atoms with van der Waals surface area (Å²) in [4.78, 5) is 30.4. The van der Waals surface area contributed by atoms with E-state index in [1.54, 1.807) is 19.2 Å². The molecule has 0 unspecified atom stereocenters. The van der Waals surface area contributed by atoms with E-state index < -0.39 is 6.04 Å². The molecule has 1 fully saturated rings. The molecule has 3 rings (SSSR count). The Labute approximate surface area is 140 Å². The van der Waals surface area contributed by atoms with E-state index in [0.717, 1.165) is 32.4 Å². The average molecular weight is 330 g/mol. The predicted molar refractivity (Wildman–Crippen MR) is 88.7 cm³/mol. The topological polar surface area (TPSA) is 75.9 Å². The van der Waals surface area contributed by atoms with E-state index in [-0.39, 0.29) is 18.4 Å². The van der Waals surface area contributed by atoms with Gasteiger partial charge >= 0.3 is 0 Å². The minimum atomic E-state index is -0.540. The minimum absolute atomic E-state index is 0.0293. The fraction of sp³-hybridized carbons (Fsp3) is 0.471. The number of carbonyl (C=O) groups excluding carboxylic acids is 2. The molecule has 1 N–H and O–H groups in total. The Kier molecular flexibility index (Phi) is 4.98. The molecule has 2 aromatic heterocycles. The van der Waals surface area contributed by atoms with Gasteiger partial charge in [0, 0.05) is 31.7 Å². The zero-order chi connectivity index (χ0) is 16.9. The number of nitrogens with one attached hydrogen (secondary N) is 1. The van der Waals surface area contributed by atoms with Crippen LogP contribution in [0, 0.1) is 0 Å². The zero-order valence-electron chi connectivity index (χ0n) is 13.8. The zero-order valence-corrected chi connectivity index (χ0v) is 13.8. The normalized spacial score (nSPS) is 16.0. The van der Waals surface area contributed by atoms with Crippen molar-refractivity contribution in [2.45, 2.75) is 32.2 Å². The first-order valence-corrected chi connectivity index (χ1v) is 8.28. The number of hydrogen-bond donors (Lipinski definition) is 1. The molecule has 0 aliphatic carbocycles. The van der Waals surface area contributed by atoms with Gasteiger partial charge in [-0.3, -0.25) is 9.59 Å². The van der Waals surface area contributed by atoms with E-state index in [0.29, 0.717) is 11.4 Å². The summed E-state index contributed by atoms with van der Waals surface area (Å²) in [6, 6.07) is 3.05. The fourth-order valence-electron chi connectivity index (χ4n) is 2.91. The van der Waals surface area contributed by atoms with Crippen LogP contribution < -0.4 is 10.1 Å². The molecule has 0 radical (unpaired) electrons. The number of carbonyl (C=O) groups is 2. The second kappa shape index (κ2) is 7.33.